The Labute approximate surface area is 109 Å². The highest BCUT2D eigenvalue weighted by Gasteiger charge is 2.07. The fraction of sp³-hybridized carbons (Fsp3) is 0.500. The van der Waals surface area contributed by atoms with E-state index in [1.54, 1.807) is 6.92 Å². The summed E-state index contributed by atoms with van der Waals surface area (Å²) in [6.45, 7) is 4.55. The van der Waals surface area contributed by atoms with Gasteiger partial charge in [-0.1, -0.05) is 12.1 Å². The largest absolute Gasteiger partial charge is 0.463 e. The molecule has 102 valence electrons. The first-order valence-corrected chi connectivity index (χ1v) is 5.84. The molecule has 0 aliphatic rings. The second kappa shape index (κ2) is 5.94. The van der Waals surface area contributed by atoms with Crippen LogP contribution in [-0.4, -0.2) is 31.7 Å². The Morgan fingerprint density at radius 2 is 2.11 bits per heavy atom. The van der Waals surface area contributed by atoms with Crippen LogP contribution in [0.15, 0.2) is 4.52 Å². The second-order valence-corrected chi connectivity index (χ2v) is 3.73. The summed E-state index contributed by atoms with van der Waals surface area (Å²) >= 11 is 0. The molecule has 2 aromatic rings. The van der Waals surface area contributed by atoms with Gasteiger partial charge in [0.1, 0.15) is 0 Å². The van der Waals surface area contributed by atoms with Gasteiger partial charge in [-0.25, -0.2) is 0 Å². The van der Waals surface area contributed by atoms with E-state index in [0.717, 1.165) is 6.42 Å². The molecule has 9 nitrogen and oxygen atoms in total. The van der Waals surface area contributed by atoms with Crippen LogP contribution in [0.5, 0.6) is 6.01 Å². The Bertz CT molecular complexity index is 542. The number of aryl methyl sites for hydroxylation is 1. The van der Waals surface area contributed by atoms with Gasteiger partial charge >= 0.3 is 6.01 Å². The molecule has 0 atom stereocenters. The molecule has 0 aliphatic heterocycles. The quantitative estimate of drug-likeness (QED) is 0.769. The minimum Gasteiger partial charge on any atom is -0.463 e. The molecule has 9 heteroatoms. The van der Waals surface area contributed by atoms with Crippen LogP contribution in [-0.2, 0) is 6.54 Å². The maximum atomic E-state index is 5.57. The SMILES string of the molecule is CCCOc1nc(N)nc(NCc2noc(C)n2)n1. The van der Waals surface area contributed by atoms with E-state index in [9.17, 15) is 0 Å². The Balaban J connectivity index is 2.01. The van der Waals surface area contributed by atoms with Gasteiger partial charge in [0.15, 0.2) is 5.82 Å². The molecule has 0 saturated heterocycles. The molecule has 0 fully saturated rings. The molecule has 19 heavy (non-hydrogen) atoms. The molecule has 0 aliphatic carbocycles. The third-order valence-electron chi connectivity index (χ3n) is 2.04. The summed E-state index contributed by atoms with van der Waals surface area (Å²) in [6.07, 6.45) is 0.858. The van der Waals surface area contributed by atoms with Crippen LogP contribution in [0.1, 0.15) is 25.1 Å². The summed E-state index contributed by atoms with van der Waals surface area (Å²) in [7, 11) is 0. The lowest BCUT2D eigenvalue weighted by Gasteiger charge is -2.06. The van der Waals surface area contributed by atoms with Crippen LogP contribution in [0.25, 0.3) is 0 Å². The Morgan fingerprint density at radius 1 is 1.26 bits per heavy atom. The zero-order valence-electron chi connectivity index (χ0n) is 10.8. The van der Waals surface area contributed by atoms with Crippen molar-refractivity contribution in [1.82, 2.24) is 25.1 Å². The maximum absolute atomic E-state index is 5.57. The first-order valence-electron chi connectivity index (χ1n) is 5.84. The van der Waals surface area contributed by atoms with Gasteiger partial charge in [-0.05, 0) is 6.42 Å². The van der Waals surface area contributed by atoms with Crippen molar-refractivity contribution in [2.45, 2.75) is 26.8 Å². The van der Waals surface area contributed by atoms with Crippen LogP contribution in [0.2, 0.25) is 0 Å². The number of nitrogens with one attached hydrogen (secondary N) is 1. The van der Waals surface area contributed by atoms with Crippen LogP contribution < -0.4 is 15.8 Å². The van der Waals surface area contributed by atoms with Gasteiger partial charge < -0.3 is 20.3 Å². The molecule has 0 saturated carbocycles. The average molecular weight is 265 g/mol. The Kier molecular flexibility index (Phi) is 4.06. The lowest BCUT2D eigenvalue weighted by molar-refractivity contribution is 0.292. The summed E-state index contributed by atoms with van der Waals surface area (Å²) in [5.74, 6) is 1.40. The lowest BCUT2D eigenvalue weighted by Crippen LogP contribution is -2.10. The summed E-state index contributed by atoms with van der Waals surface area (Å²) in [5, 5.41) is 6.67. The van der Waals surface area contributed by atoms with E-state index < -0.39 is 0 Å². The summed E-state index contributed by atoms with van der Waals surface area (Å²) < 4.78 is 10.2. The van der Waals surface area contributed by atoms with Crippen molar-refractivity contribution in [3.05, 3.63) is 11.7 Å². The number of nitrogens with two attached hydrogens (primary N) is 1. The molecule has 0 radical (unpaired) electrons. The van der Waals surface area contributed by atoms with Gasteiger partial charge in [0.2, 0.25) is 17.8 Å². The Hall–Kier alpha value is -2.45. The van der Waals surface area contributed by atoms with E-state index in [0.29, 0.717) is 30.8 Å². The molecule has 2 heterocycles. The van der Waals surface area contributed by atoms with Gasteiger partial charge in [0, 0.05) is 6.92 Å². The highest BCUT2D eigenvalue weighted by Crippen LogP contribution is 2.09. The fourth-order valence-electron chi connectivity index (χ4n) is 1.28. The topological polar surface area (TPSA) is 125 Å². The summed E-state index contributed by atoms with van der Waals surface area (Å²) in [6, 6.07) is 0.196. The number of hydrogen-bond donors (Lipinski definition) is 2. The number of nitrogen functional groups attached to an aromatic ring is 1. The van der Waals surface area contributed by atoms with Crippen LogP contribution in [0.4, 0.5) is 11.9 Å². The smallest absolute Gasteiger partial charge is 0.323 e. The molecular formula is C10H15N7O2. The molecule has 0 unspecified atom stereocenters. The number of aromatic nitrogens is 5. The van der Waals surface area contributed by atoms with Crippen molar-refractivity contribution >= 4 is 11.9 Å². The molecule has 0 aromatic carbocycles. The van der Waals surface area contributed by atoms with Crippen molar-refractivity contribution < 1.29 is 9.26 Å². The van der Waals surface area contributed by atoms with Crippen LogP contribution in [0, 0.1) is 6.92 Å². The van der Waals surface area contributed by atoms with Crippen molar-refractivity contribution in [1.29, 1.82) is 0 Å². The van der Waals surface area contributed by atoms with Crippen molar-refractivity contribution in [3.8, 4) is 6.01 Å². The number of nitrogens with zero attached hydrogens (tertiary/aromatic N) is 5. The lowest BCUT2D eigenvalue weighted by atomic mass is 10.5. The van der Waals surface area contributed by atoms with Crippen molar-refractivity contribution in [2.24, 2.45) is 0 Å². The summed E-state index contributed by atoms with van der Waals surface area (Å²) in [5.41, 5.74) is 5.57. The van der Waals surface area contributed by atoms with Crippen LogP contribution >= 0.6 is 0 Å². The van der Waals surface area contributed by atoms with Gasteiger partial charge in [-0.2, -0.15) is 19.9 Å². The molecular weight excluding hydrogens is 250 g/mol. The predicted molar refractivity (Wildman–Crippen MR) is 66.4 cm³/mol. The highest BCUT2D eigenvalue weighted by molar-refractivity contribution is 5.32. The fourth-order valence-corrected chi connectivity index (χ4v) is 1.28. The molecule has 3 N–H and O–H groups in total. The van der Waals surface area contributed by atoms with Gasteiger partial charge in [-0.3, -0.25) is 0 Å². The standard InChI is InChI=1S/C10H15N7O2/c1-3-4-18-10-15-8(11)14-9(16-10)12-5-7-13-6(2)19-17-7/h3-5H2,1-2H3,(H3,11,12,14,15,16). The van der Waals surface area contributed by atoms with E-state index in [-0.39, 0.29) is 12.0 Å². The highest BCUT2D eigenvalue weighted by atomic mass is 16.5. The van der Waals surface area contributed by atoms with E-state index in [4.69, 9.17) is 15.0 Å². The molecule has 0 amide bonds. The van der Waals surface area contributed by atoms with Gasteiger partial charge in [0.25, 0.3) is 0 Å². The molecule has 0 spiro atoms. The Morgan fingerprint density at radius 3 is 2.79 bits per heavy atom. The third kappa shape index (κ3) is 3.76. The zero-order valence-corrected chi connectivity index (χ0v) is 10.8. The van der Waals surface area contributed by atoms with Crippen molar-refractivity contribution in [2.75, 3.05) is 17.7 Å². The van der Waals surface area contributed by atoms with Gasteiger partial charge in [-0.15, -0.1) is 0 Å². The number of anilines is 2. The monoisotopic (exact) mass is 265 g/mol. The van der Waals surface area contributed by atoms with E-state index in [1.807, 2.05) is 6.92 Å². The maximum Gasteiger partial charge on any atom is 0.323 e. The molecule has 0 bridgehead atoms. The third-order valence-corrected chi connectivity index (χ3v) is 2.04. The first kappa shape index (κ1) is 13.0. The number of ether oxygens (including phenoxy) is 1. The van der Waals surface area contributed by atoms with Gasteiger partial charge in [0.05, 0.1) is 13.2 Å². The summed E-state index contributed by atoms with van der Waals surface area (Å²) in [4.78, 5) is 15.9. The number of hydrogen-bond acceptors (Lipinski definition) is 9. The van der Waals surface area contributed by atoms with E-state index in [1.165, 1.54) is 0 Å². The van der Waals surface area contributed by atoms with E-state index in [2.05, 4.69) is 30.4 Å². The minimum atomic E-state index is 0.0906. The van der Waals surface area contributed by atoms with E-state index >= 15 is 0 Å². The minimum absolute atomic E-state index is 0.0906. The predicted octanol–water partition coefficient (Wildman–Crippen LogP) is 0.546. The second-order valence-electron chi connectivity index (χ2n) is 3.73. The van der Waals surface area contributed by atoms with Crippen LogP contribution in [0.3, 0.4) is 0 Å². The zero-order chi connectivity index (χ0) is 13.7. The average Bonchev–Trinajstić information content (AvgIpc) is 2.79. The molecule has 2 rings (SSSR count). The molecule has 2 aromatic heterocycles. The first-order chi connectivity index (χ1) is 9.17. The number of rotatable bonds is 6. The van der Waals surface area contributed by atoms with Crippen molar-refractivity contribution in [3.63, 3.8) is 0 Å². The normalized spacial score (nSPS) is 10.4.